The molecule has 1 N–H and O–H groups in total. The van der Waals surface area contributed by atoms with Crippen LogP contribution in [0.4, 0.5) is 5.69 Å². The number of benzene rings is 1. The van der Waals surface area contributed by atoms with Crippen LogP contribution in [0, 0.1) is 0 Å². The summed E-state index contributed by atoms with van der Waals surface area (Å²) in [6, 6.07) is 9.77. The van der Waals surface area contributed by atoms with Gasteiger partial charge >= 0.3 is 5.97 Å². The van der Waals surface area contributed by atoms with Gasteiger partial charge in [0, 0.05) is 17.8 Å². The molecule has 0 saturated heterocycles. The van der Waals surface area contributed by atoms with E-state index in [0.717, 1.165) is 29.1 Å². The van der Waals surface area contributed by atoms with E-state index < -0.39 is 0 Å². The maximum absolute atomic E-state index is 12.0. The molecule has 0 atom stereocenters. The van der Waals surface area contributed by atoms with Gasteiger partial charge in [-0.3, -0.25) is 4.79 Å². The third-order valence-corrected chi connectivity index (χ3v) is 5.40. The summed E-state index contributed by atoms with van der Waals surface area (Å²) in [5, 5.41) is 3.34. The van der Waals surface area contributed by atoms with Crippen molar-refractivity contribution in [1.29, 1.82) is 0 Å². The van der Waals surface area contributed by atoms with Crippen LogP contribution in [0.25, 0.3) is 22.1 Å². The Bertz CT molecular complexity index is 964. The Balaban J connectivity index is 1.74. The highest BCUT2D eigenvalue weighted by molar-refractivity contribution is 7.19. The fraction of sp³-hybridized carbons (Fsp3) is 0.263. The fourth-order valence-electron chi connectivity index (χ4n) is 3.01. The molecule has 0 fully saturated rings. The SMILES string of the molecule is CCOC(=O)Cc1nc(-c2ccc3c(c2)CCN3)oc1-c1ccc(Cl)s1. The van der Waals surface area contributed by atoms with Crippen LogP contribution in [0.2, 0.25) is 4.34 Å². The number of hydrogen-bond acceptors (Lipinski definition) is 6. The van der Waals surface area contributed by atoms with Gasteiger partial charge in [0.1, 0.15) is 0 Å². The lowest BCUT2D eigenvalue weighted by atomic mass is 10.1. The van der Waals surface area contributed by atoms with Crippen molar-refractivity contribution < 1.29 is 13.9 Å². The predicted octanol–water partition coefficient (Wildman–Crippen LogP) is 4.80. The van der Waals surface area contributed by atoms with E-state index in [1.807, 2.05) is 18.2 Å². The summed E-state index contributed by atoms with van der Waals surface area (Å²) in [4.78, 5) is 17.4. The summed E-state index contributed by atoms with van der Waals surface area (Å²) in [6.07, 6.45) is 1.04. The number of nitrogens with zero attached hydrogens (tertiary/aromatic N) is 1. The van der Waals surface area contributed by atoms with Gasteiger partial charge in [0.15, 0.2) is 5.76 Å². The molecule has 1 aliphatic heterocycles. The highest BCUT2D eigenvalue weighted by Crippen LogP contribution is 2.37. The first-order valence-corrected chi connectivity index (χ1v) is 9.61. The quantitative estimate of drug-likeness (QED) is 0.636. The lowest BCUT2D eigenvalue weighted by molar-refractivity contribution is -0.142. The molecule has 26 heavy (non-hydrogen) atoms. The second-order valence-corrected chi connectivity index (χ2v) is 7.64. The van der Waals surface area contributed by atoms with Crippen molar-refractivity contribution in [2.24, 2.45) is 0 Å². The zero-order chi connectivity index (χ0) is 18.1. The zero-order valence-corrected chi connectivity index (χ0v) is 15.7. The molecule has 0 amide bonds. The third kappa shape index (κ3) is 3.34. The van der Waals surface area contributed by atoms with E-state index in [2.05, 4.69) is 16.4 Å². The number of carbonyl (C=O) groups excluding carboxylic acids is 1. The molecule has 0 bridgehead atoms. The van der Waals surface area contributed by atoms with Gasteiger partial charge < -0.3 is 14.5 Å². The molecule has 1 aromatic carbocycles. The van der Waals surface area contributed by atoms with E-state index in [4.69, 9.17) is 20.8 Å². The molecular formula is C19H17ClN2O3S. The van der Waals surface area contributed by atoms with Crippen LogP contribution < -0.4 is 5.32 Å². The maximum Gasteiger partial charge on any atom is 0.312 e. The lowest BCUT2D eigenvalue weighted by Gasteiger charge is -2.01. The Morgan fingerprint density at radius 2 is 2.27 bits per heavy atom. The number of hydrogen-bond donors (Lipinski definition) is 1. The molecule has 0 saturated carbocycles. The molecule has 3 aromatic rings. The highest BCUT2D eigenvalue weighted by Gasteiger charge is 2.21. The number of carbonyl (C=O) groups is 1. The summed E-state index contributed by atoms with van der Waals surface area (Å²) in [5.74, 6) is 0.747. The average Bonchev–Trinajstić information content (AvgIpc) is 3.33. The van der Waals surface area contributed by atoms with E-state index in [0.29, 0.717) is 28.3 Å². The van der Waals surface area contributed by atoms with E-state index in [9.17, 15) is 4.79 Å². The number of nitrogens with one attached hydrogen (secondary N) is 1. The number of rotatable bonds is 5. The zero-order valence-electron chi connectivity index (χ0n) is 14.2. The number of thiophene rings is 1. The monoisotopic (exact) mass is 388 g/mol. The first kappa shape index (κ1) is 17.1. The van der Waals surface area contributed by atoms with Crippen molar-refractivity contribution in [1.82, 2.24) is 4.98 Å². The number of oxazole rings is 1. The number of anilines is 1. The van der Waals surface area contributed by atoms with Crippen molar-refractivity contribution in [3.63, 3.8) is 0 Å². The molecule has 5 nitrogen and oxygen atoms in total. The van der Waals surface area contributed by atoms with Gasteiger partial charge in [0.05, 0.1) is 27.9 Å². The van der Waals surface area contributed by atoms with E-state index in [1.54, 1.807) is 13.0 Å². The van der Waals surface area contributed by atoms with Gasteiger partial charge in [0.25, 0.3) is 0 Å². The third-order valence-electron chi connectivity index (χ3n) is 4.17. The Morgan fingerprint density at radius 3 is 3.04 bits per heavy atom. The summed E-state index contributed by atoms with van der Waals surface area (Å²) >= 11 is 7.46. The van der Waals surface area contributed by atoms with Crippen LogP contribution in [0.3, 0.4) is 0 Å². The lowest BCUT2D eigenvalue weighted by Crippen LogP contribution is -2.08. The molecule has 0 unspecified atom stereocenters. The molecule has 0 radical (unpaired) electrons. The second kappa shape index (κ2) is 7.13. The van der Waals surface area contributed by atoms with Crippen molar-refractivity contribution in [2.75, 3.05) is 18.5 Å². The van der Waals surface area contributed by atoms with E-state index in [1.165, 1.54) is 16.9 Å². The van der Waals surface area contributed by atoms with Crippen LogP contribution in [-0.2, 0) is 22.4 Å². The van der Waals surface area contributed by atoms with Gasteiger partial charge in [-0.1, -0.05) is 11.6 Å². The van der Waals surface area contributed by atoms with Crippen molar-refractivity contribution >= 4 is 34.6 Å². The van der Waals surface area contributed by atoms with E-state index in [-0.39, 0.29) is 12.4 Å². The second-order valence-electron chi connectivity index (χ2n) is 5.93. The van der Waals surface area contributed by atoms with Gasteiger partial charge in [-0.25, -0.2) is 4.98 Å². The normalized spacial score (nSPS) is 12.7. The number of ether oxygens (including phenoxy) is 1. The standard InChI is InChI=1S/C19H17ClN2O3S/c1-2-24-17(23)10-14-18(15-5-6-16(20)26-15)25-19(22-14)12-3-4-13-11(9-12)7-8-21-13/h3-6,9,21H,2,7-8,10H2,1H3. The predicted molar refractivity (Wildman–Crippen MR) is 103 cm³/mol. The Hall–Kier alpha value is -2.31. The minimum Gasteiger partial charge on any atom is -0.466 e. The molecule has 0 spiro atoms. The topological polar surface area (TPSA) is 64.4 Å². The average molecular weight is 389 g/mol. The minimum atomic E-state index is -0.325. The molecule has 4 rings (SSSR count). The van der Waals surface area contributed by atoms with Crippen LogP contribution in [0.1, 0.15) is 18.2 Å². The van der Waals surface area contributed by atoms with Gasteiger partial charge in [-0.05, 0) is 49.2 Å². The summed E-state index contributed by atoms with van der Waals surface area (Å²) in [6.45, 7) is 3.06. The molecule has 134 valence electrons. The smallest absolute Gasteiger partial charge is 0.312 e. The Morgan fingerprint density at radius 1 is 1.38 bits per heavy atom. The van der Waals surface area contributed by atoms with Crippen molar-refractivity contribution in [3.05, 3.63) is 45.9 Å². The molecular weight excluding hydrogens is 372 g/mol. The largest absolute Gasteiger partial charge is 0.466 e. The molecule has 0 aliphatic carbocycles. The van der Waals surface area contributed by atoms with Crippen molar-refractivity contribution in [3.8, 4) is 22.1 Å². The number of aromatic nitrogens is 1. The number of fused-ring (bicyclic) bond motifs is 1. The van der Waals surface area contributed by atoms with Crippen LogP contribution in [0.5, 0.6) is 0 Å². The molecule has 7 heteroatoms. The van der Waals surface area contributed by atoms with Crippen molar-refractivity contribution in [2.45, 2.75) is 19.8 Å². The molecule has 2 aromatic heterocycles. The van der Waals surface area contributed by atoms with Gasteiger partial charge in [0.2, 0.25) is 5.89 Å². The first-order chi connectivity index (χ1) is 12.6. The van der Waals surface area contributed by atoms with Gasteiger partial charge in [-0.2, -0.15) is 0 Å². The summed E-state index contributed by atoms with van der Waals surface area (Å²) in [7, 11) is 0. The Labute approximate surface area is 160 Å². The maximum atomic E-state index is 12.0. The summed E-state index contributed by atoms with van der Waals surface area (Å²) in [5.41, 5.74) is 3.85. The number of esters is 1. The van der Waals surface area contributed by atoms with Crippen LogP contribution in [0.15, 0.2) is 34.7 Å². The fourth-order valence-corrected chi connectivity index (χ4v) is 4.06. The summed E-state index contributed by atoms with van der Waals surface area (Å²) < 4.78 is 11.8. The minimum absolute atomic E-state index is 0.0642. The van der Waals surface area contributed by atoms with Gasteiger partial charge in [-0.15, -0.1) is 11.3 Å². The van der Waals surface area contributed by atoms with E-state index >= 15 is 0 Å². The Kier molecular flexibility index (Phi) is 4.70. The van der Waals surface area contributed by atoms with Crippen LogP contribution >= 0.6 is 22.9 Å². The molecule has 3 heterocycles. The highest BCUT2D eigenvalue weighted by atomic mass is 35.5. The van der Waals surface area contributed by atoms with Crippen LogP contribution in [-0.4, -0.2) is 24.1 Å². The first-order valence-electron chi connectivity index (χ1n) is 8.42. The molecule has 1 aliphatic rings. The number of halogens is 1.